The molecule has 0 unspecified atom stereocenters. The summed E-state index contributed by atoms with van der Waals surface area (Å²) < 4.78 is 7.08. The normalized spacial score (nSPS) is 11.6. The largest absolute Gasteiger partial charge is 0.460 e. The number of nitro benzene ring substituents is 1. The van der Waals surface area contributed by atoms with Crippen molar-refractivity contribution in [3.8, 4) is 0 Å². The number of ether oxygens (including phenoxy) is 1. The molecule has 2 aromatic rings. The fraction of sp³-hybridized carbons (Fsp3) is 0.400. The standard InChI is InChI=1S/C15H18N2O4/c1-15(2,3)21-14(18)8-10-16-9-7-11-12(16)5-4-6-13(11)17(19)20/h4-7,9H,8,10H2,1-3H3. The molecule has 0 saturated carbocycles. The summed E-state index contributed by atoms with van der Waals surface area (Å²) in [6.45, 7) is 5.89. The first-order valence-electron chi connectivity index (χ1n) is 6.72. The van der Waals surface area contributed by atoms with E-state index in [0.717, 1.165) is 5.52 Å². The predicted molar refractivity (Wildman–Crippen MR) is 79.1 cm³/mol. The Hall–Kier alpha value is -2.37. The highest BCUT2D eigenvalue weighted by molar-refractivity contribution is 5.89. The summed E-state index contributed by atoms with van der Waals surface area (Å²) in [4.78, 5) is 22.3. The van der Waals surface area contributed by atoms with Gasteiger partial charge in [-0.15, -0.1) is 0 Å². The molecule has 112 valence electrons. The molecule has 0 atom stereocenters. The first-order chi connectivity index (χ1) is 9.78. The van der Waals surface area contributed by atoms with Gasteiger partial charge in [0.1, 0.15) is 5.60 Å². The number of rotatable bonds is 4. The van der Waals surface area contributed by atoms with Crippen molar-refractivity contribution in [3.63, 3.8) is 0 Å². The van der Waals surface area contributed by atoms with Crippen LogP contribution in [-0.2, 0) is 16.1 Å². The van der Waals surface area contributed by atoms with Gasteiger partial charge in [0.25, 0.3) is 5.69 Å². The minimum atomic E-state index is -0.505. The van der Waals surface area contributed by atoms with Crippen LogP contribution in [0.4, 0.5) is 5.69 Å². The summed E-state index contributed by atoms with van der Waals surface area (Å²) >= 11 is 0. The number of carbonyl (C=O) groups is 1. The maximum Gasteiger partial charge on any atom is 0.308 e. The number of esters is 1. The van der Waals surface area contributed by atoms with Crippen LogP contribution in [0.3, 0.4) is 0 Å². The van der Waals surface area contributed by atoms with Crippen molar-refractivity contribution in [2.75, 3.05) is 0 Å². The summed E-state index contributed by atoms with van der Waals surface area (Å²) in [6, 6.07) is 6.62. The lowest BCUT2D eigenvalue weighted by atomic mass is 10.2. The molecule has 0 bridgehead atoms. The Morgan fingerprint density at radius 2 is 2.05 bits per heavy atom. The van der Waals surface area contributed by atoms with Gasteiger partial charge < -0.3 is 9.30 Å². The number of nitrogens with zero attached hydrogens (tertiary/aromatic N) is 2. The van der Waals surface area contributed by atoms with Gasteiger partial charge in [-0.25, -0.2) is 0 Å². The third-order valence-corrected chi connectivity index (χ3v) is 2.96. The molecule has 0 fully saturated rings. The van der Waals surface area contributed by atoms with E-state index in [1.54, 1.807) is 24.4 Å². The second-order valence-corrected chi connectivity index (χ2v) is 5.81. The molecule has 0 aliphatic carbocycles. The van der Waals surface area contributed by atoms with Crippen LogP contribution in [-0.4, -0.2) is 21.1 Å². The Morgan fingerprint density at radius 3 is 2.67 bits per heavy atom. The topological polar surface area (TPSA) is 74.4 Å². The van der Waals surface area contributed by atoms with E-state index in [1.165, 1.54) is 6.07 Å². The molecule has 6 nitrogen and oxygen atoms in total. The van der Waals surface area contributed by atoms with Gasteiger partial charge in [-0.05, 0) is 32.9 Å². The molecule has 1 aromatic heterocycles. The minimum absolute atomic E-state index is 0.0727. The zero-order valence-electron chi connectivity index (χ0n) is 12.3. The number of hydrogen-bond donors (Lipinski definition) is 0. The molecule has 0 N–H and O–H groups in total. The third kappa shape index (κ3) is 3.59. The van der Waals surface area contributed by atoms with Gasteiger partial charge in [-0.2, -0.15) is 0 Å². The lowest BCUT2D eigenvalue weighted by Crippen LogP contribution is -2.24. The van der Waals surface area contributed by atoms with Crippen molar-refractivity contribution >= 4 is 22.6 Å². The Morgan fingerprint density at radius 1 is 1.33 bits per heavy atom. The van der Waals surface area contributed by atoms with Crippen LogP contribution in [0.15, 0.2) is 30.5 Å². The fourth-order valence-electron chi connectivity index (χ4n) is 2.17. The molecule has 6 heteroatoms. The third-order valence-electron chi connectivity index (χ3n) is 2.96. The molecule has 0 radical (unpaired) electrons. The number of benzene rings is 1. The zero-order chi connectivity index (χ0) is 15.6. The van der Waals surface area contributed by atoms with E-state index in [4.69, 9.17) is 4.74 Å². The van der Waals surface area contributed by atoms with Gasteiger partial charge >= 0.3 is 5.97 Å². The van der Waals surface area contributed by atoms with Crippen LogP contribution in [0.1, 0.15) is 27.2 Å². The monoisotopic (exact) mass is 290 g/mol. The highest BCUT2D eigenvalue weighted by atomic mass is 16.6. The van der Waals surface area contributed by atoms with Crippen molar-refractivity contribution in [1.29, 1.82) is 0 Å². The Bertz CT molecular complexity index is 683. The van der Waals surface area contributed by atoms with E-state index in [0.29, 0.717) is 11.9 Å². The number of aryl methyl sites for hydroxylation is 1. The quantitative estimate of drug-likeness (QED) is 0.492. The Kier molecular flexibility index (Phi) is 3.97. The predicted octanol–water partition coefficient (Wildman–Crippen LogP) is 3.28. The molecular formula is C15H18N2O4. The average Bonchev–Trinajstić information content (AvgIpc) is 2.77. The highest BCUT2D eigenvalue weighted by Crippen LogP contribution is 2.26. The molecule has 1 aromatic carbocycles. The van der Waals surface area contributed by atoms with Crippen LogP contribution in [0.25, 0.3) is 10.9 Å². The van der Waals surface area contributed by atoms with Gasteiger partial charge in [-0.1, -0.05) is 6.07 Å². The van der Waals surface area contributed by atoms with Crippen molar-refractivity contribution in [1.82, 2.24) is 4.57 Å². The van der Waals surface area contributed by atoms with Gasteiger partial charge in [-0.3, -0.25) is 14.9 Å². The second kappa shape index (κ2) is 5.55. The number of non-ortho nitro benzene ring substituents is 1. The van der Waals surface area contributed by atoms with E-state index < -0.39 is 10.5 Å². The molecule has 2 rings (SSSR count). The summed E-state index contributed by atoms with van der Waals surface area (Å²) in [5.41, 5.74) is 0.311. The molecule has 0 amide bonds. The van der Waals surface area contributed by atoms with Gasteiger partial charge in [0, 0.05) is 18.8 Å². The summed E-state index contributed by atoms with van der Waals surface area (Å²) in [7, 11) is 0. The number of aromatic nitrogens is 1. The van der Waals surface area contributed by atoms with Gasteiger partial charge in [0.2, 0.25) is 0 Å². The van der Waals surface area contributed by atoms with E-state index in [9.17, 15) is 14.9 Å². The van der Waals surface area contributed by atoms with Crippen molar-refractivity contribution in [2.24, 2.45) is 0 Å². The van der Waals surface area contributed by atoms with Crippen molar-refractivity contribution in [2.45, 2.75) is 39.3 Å². The SMILES string of the molecule is CC(C)(C)OC(=O)CCn1ccc2c([N+](=O)[O-])cccc21. The molecular weight excluding hydrogens is 272 g/mol. The Labute approximate surface area is 122 Å². The maximum atomic E-state index is 11.7. The van der Waals surface area contributed by atoms with E-state index in [1.807, 2.05) is 25.3 Å². The average molecular weight is 290 g/mol. The Balaban J connectivity index is 2.15. The van der Waals surface area contributed by atoms with E-state index >= 15 is 0 Å². The lowest BCUT2D eigenvalue weighted by molar-refractivity contribution is -0.383. The molecule has 0 aliphatic heterocycles. The lowest BCUT2D eigenvalue weighted by Gasteiger charge is -2.19. The first-order valence-corrected chi connectivity index (χ1v) is 6.72. The maximum absolute atomic E-state index is 11.7. The summed E-state index contributed by atoms with van der Waals surface area (Å²) in [6.07, 6.45) is 1.98. The summed E-state index contributed by atoms with van der Waals surface area (Å²) in [5.74, 6) is -0.283. The smallest absolute Gasteiger partial charge is 0.308 e. The molecule has 0 saturated heterocycles. The van der Waals surface area contributed by atoms with E-state index in [-0.39, 0.29) is 18.1 Å². The zero-order valence-corrected chi connectivity index (χ0v) is 12.3. The minimum Gasteiger partial charge on any atom is -0.460 e. The molecule has 0 spiro atoms. The van der Waals surface area contributed by atoms with Gasteiger partial charge in [0.15, 0.2) is 0 Å². The molecule has 1 heterocycles. The van der Waals surface area contributed by atoms with Crippen LogP contribution in [0, 0.1) is 10.1 Å². The summed E-state index contributed by atoms with van der Waals surface area (Å²) in [5, 5.41) is 11.5. The van der Waals surface area contributed by atoms with E-state index in [2.05, 4.69) is 0 Å². The van der Waals surface area contributed by atoms with Crippen LogP contribution < -0.4 is 0 Å². The van der Waals surface area contributed by atoms with Crippen molar-refractivity contribution < 1.29 is 14.5 Å². The van der Waals surface area contributed by atoms with Crippen LogP contribution >= 0.6 is 0 Å². The second-order valence-electron chi connectivity index (χ2n) is 5.81. The molecule has 0 aliphatic rings. The first kappa shape index (κ1) is 15.0. The molecule has 21 heavy (non-hydrogen) atoms. The highest BCUT2D eigenvalue weighted by Gasteiger charge is 2.17. The number of hydrogen-bond acceptors (Lipinski definition) is 4. The number of nitro groups is 1. The van der Waals surface area contributed by atoms with Crippen LogP contribution in [0.2, 0.25) is 0 Å². The van der Waals surface area contributed by atoms with Crippen molar-refractivity contribution in [3.05, 3.63) is 40.6 Å². The number of fused-ring (bicyclic) bond motifs is 1. The van der Waals surface area contributed by atoms with Gasteiger partial charge in [0.05, 0.1) is 22.2 Å². The van der Waals surface area contributed by atoms with Crippen LogP contribution in [0.5, 0.6) is 0 Å². The fourth-order valence-corrected chi connectivity index (χ4v) is 2.17. The number of carbonyl (C=O) groups excluding carboxylic acids is 1.